The lowest BCUT2D eigenvalue weighted by atomic mass is 10.1. The van der Waals surface area contributed by atoms with Gasteiger partial charge in [0.25, 0.3) is 5.69 Å². The van der Waals surface area contributed by atoms with Gasteiger partial charge >= 0.3 is 0 Å². The average molecular weight is 357 g/mol. The van der Waals surface area contributed by atoms with Crippen molar-refractivity contribution < 1.29 is 9.72 Å². The summed E-state index contributed by atoms with van der Waals surface area (Å²) in [5.74, 6) is 0.126. The minimum Gasteiger partial charge on any atom is -0.367 e. The van der Waals surface area contributed by atoms with E-state index in [1.54, 1.807) is 6.07 Å². The molecule has 0 unspecified atom stereocenters. The summed E-state index contributed by atoms with van der Waals surface area (Å²) in [6.45, 7) is 4.93. The fraction of sp³-hybridized carbons (Fsp3) is 0.444. The molecular weight excluding hydrogens is 334 g/mol. The predicted molar refractivity (Wildman–Crippen MR) is 100 cm³/mol. The monoisotopic (exact) mass is 357 g/mol. The van der Waals surface area contributed by atoms with E-state index in [0.29, 0.717) is 38.2 Å². The first-order valence-electron chi connectivity index (χ1n) is 8.59. The summed E-state index contributed by atoms with van der Waals surface area (Å²) in [4.78, 5) is 33.5. The van der Waals surface area contributed by atoms with Crippen LogP contribution in [0, 0.1) is 17.0 Å². The zero-order valence-electron chi connectivity index (χ0n) is 15.3. The number of hydrogen-bond acceptors (Lipinski definition) is 6. The number of para-hydroxylation sites is 1. The van der Waals surface area contributed by atoms with E-state index in [1.165, 1.54) is 6.07 Å². The molecule has 138 valence electrons. The van der Waals surface area contributed by atoms with E-state index in [9.17, 15) is 14.9 Å². The van der Waals surface area contributed by atoms with Crippen LogP contribution in [-0.2, 0) is 4.79 Å². The largest absolute Gasteiger partial charge is 0.367 e. The van der Waals surface area contributed by atoms with Crippen LogP contribution in [0.4, 0.5) is 11.4 Å². The van der Waals surface area contributed by atoms with E-state index in [0.717, 1.165) is 16.8 Å². The summed E-state index contributed by atoms with van der Waals surface area (Å²) in [6, 6.07) is 7.01. The third kappa shape index (κ3) is 3.60. The molecule has 0 N–H and O–H groups in total. The summed E-state index contributed by atoms with van der Waals surface area (Å²) in [5, 5.41) is 12.1. The molecule has 0 radical (unpaired) electrons. The Balaban J connectivity index is 1.87. The van der Waals surface area contributed by atoms with Crippen LogP contribution in [0.1, 0.15) is 5.69 Å². The molecule has 1 fully saturated rings. The third-order valence-corrected chi connectivity index (χ3v) is 4.55. The number of rotatable bonds is 4. The Kier molecular flexibility index (Phi) is 5.03. The van der Waals surface area contributed by atoms with Crippen LogP contribution in [-0.4, -0.2) is 72.4 Å². The minimum absolute atomic E-state index is 0.0206. The van der Waals surface area contributed by atoms with Gasteiger partial charge in [-0.25, -0.2) is 4.98 Å². The van der Waals surface area contributed by atoms with Crippen molar-refractivity contribution >= 4 is 28.2 Å². The second kappa shape index (κ2) is 7.25. The highest BCUT2D eigenvalue weighted by Crippen LogP contribution is 2.32. The number of non-ortho nitro benzene ring substituents is 1. The normalized spacial score (nSPS) is 14.9. The smallest absolute Gasteiger partial charge is 0.295 e. The highest BCUT2D eigenvalue weighted by Gasteiger charge is 2.24. The fourth-order valence-corrected chi connectivity index (χ4v) is 3.32. The first kappa shape index (κ1) is 18.1. The molecule has 2 heterocycles. The summed E-state index contributed by atoms with van der Waals surface area (Å²) >= 11 is 0. The number of nitrogens with zero attached hydrogens (tertiary/aromatic N) is 5. The number of nitro groups is 1. The van der Waals surface area contributed by atoms with Crippen LogP contribution in [0.15, 0.2) is 24.3 Å². The summed E-state index contributed by atoms with van der Waals surface area (Å²) in [7, 11) is 3.76. The van der Waals surface area contributed by atoms with Crippen LogP contribution in [0.3, 0.4) is 0 Å². The zero-order chi connectivity index (χ0) is 18.8. The van der Waals surface area contributed by atoms with Gasteiger partial charge in [0, 0.05) is 49.0 Å². The van der Waals surface area contributed by atoms with Crippen molar-refractivity contribution in [3.05, 3.63) is 40.1 Å². The zero-order valence-corrected chi connectivity index (χ0v) is 15.3. The van der Waals surface area contributed by atoms with Gasteiger partial charge < -0.3 is 14.7 Å². The van der Waals surface area contributed by atoms with Crippen molar-refractivity contribution in [2.45, 2.75) is 6.92 Å². The molecule has 3 rings (SSSR count). The van der Waals surface area contributed by atoms with Crippen molar-refractivity contribution in [2.75, 3.05) is 51.7 Å². The van der Waals surface area contributed by atoms with E-state index in [2.05, 4.69) is 9.88 Å². The van der Waals surface area contributed by atoms with Gasteiger partial charge in [-0.05, 0) is 27.1 Å². The van der Waals surface area contributed by atoms with Crippen molar-refractivity contribution in [3.8, 4) is 0 Å². The number of aryl methyl sites for hydroxylation is 1. The maximum Gasteiger partial charge on any atom is 0.295 e. The van der Waals surface area contributed by atoms with Crippen LogP contribution >= 0.6 is 0 Å². The van der Waals surface area contributed by atoms with Crippen molar-refractivity contribution in [2.24, 2.45) is 0 Å². The number of likely N-dealkylation sites (N-methyl/N-ethyl adjacent to an activating group) is 1. The molecule has 1 aromatic heterocycles. The highest BCUT2D eigenvalue weighted by atomic mass is 16.6. The summed E-state index contributed by atoms with van der Waals surface area (Å²) in [6.07, 6.45) is 0. The first-order valence-corrected chi connectivity index (χ1v) is 8.59. The van der Waals surface area contributed by atoms with Gasteiger partial charge in [-0.1, -0.05) is 12.1 Å². The Hall–Kier alpha value is -2.74. The predicted octanol–water partition coefficient (Wildman–Crippen LogP) is 1.66. The Labute approximate surface area is 152 Å². The van der Waals surface area contributed by atoms with E-state index in [4.69, 9.17) is 0 Å². The lowest BCUT2D eigenvalue weighted by molar-refractivity contribution is -0.383. The molecule has 1 aromatic carbocycles. The van der Waals surface area contributed by atoms with E-state index >= 15 is 0 Å². The fourth-order valence-electron chi connectivity index (χ4n) is 3.32. The Morgan fingerprint density at radius 1 is 1.27 bits per heavy atom. The van der Waals surface area contributed by atoms with Gasteiger partial charge in [-0.15, -0.1) is 0 Å². The van der Waals surface area contributed by atoms with Crippen molar-refractivity contribution in [3.63, 3.8) is 0 Å². The number of aromatic nitrogens is 1. The molecule has 0 saturated carbocycles. The van der Waals surface area contributed by atoms with Crippen molar-refractivity contribution in [1.29, 1.82) is 0 Å². The maximum atomic E-state index is 12.2. The molecule has 0 aliphatic carbocycles. The molecule has 1 aliphatic rings. The molecule has 8 nitrogen and oxygen atoms in total. The van der Waals surface area contributed by atoms with E-state index in [-0.39, 0.29) is 11.6 Å². The third-order valence-electron chi connectivity index (χ3n) is 4.55. The number of carbonyl (C=O) groups is 1. The highest BCUT2D eigenvalue weighted by molar-refractivity contribution is 5.97. The quantitative estimate of drug-likeness (QED) is 0.611. The average Bonchev–Trinajstić information content (AvgIpc) is 2.60. The van der Waals surface area contributed by atoms with Gasteiger partial charge in [0.05, 0.1) is 11.5 Å². The van der Waals surface area contributed by atoms with Gasteiger partial charge in [0.15, 0.2) is 5.52 Å². The van der Waals surface area contributed by atoms with Crippen LogP contribution < -0.4 is 4.90 Å². The van der Waals surface area contributed by atoms with Crippen LogP contribution in [0.5, 0.6) is 0 Å². The van der Waals surface area contributed by atoms with Crippen molar-refractivity contribution in [1.82, 2.24) is 14.8 Å². The Bertz CT molecular complexity index is 844. The molecule has 0 bridgehead atoms. The SMILES string of the molecule is Cc1cc(N2CCN(C(=O)CN(C)C)CC2)c2cccc([N+](=O)[O-])c2n1. The number of nitro benzene ring substituents is 1. The lowest BCUT2D eigenvalue weighted by Gasteiger charge is -2.37. The number of anilines is 1. The standard InChI is InChI=1S/C18H23N5O3/c1-13-11-16(14-5-4-6-15(23(25)26)18(14)19-13)21-7-9-22(10-8-21)17(24)12-20(2)3/h4-6,11H,7-10,12H2,1-3H3. The second-order valence-corrected chi connectivity index (χ2v) is 6.82. The molecular formula is C18H23N5O3. The van der Waals surface area contributed by atoms with Gasteiger partial charge in [-0.3, -0.25) is 14.9 Å². The van der Waals surface area contributed by atoms with Crippen LogP contribution in [0.2, 0.25) is 0 Å². The molecule has 2 aromatic rings. The Morgan fingerprint density at radius 3 is 2.58 bits per heavy atom. The van der Waals surface area contributed by atoms with Gasteiger partial charge in [0.2, 0.25) is 5.91 Å². The van der Waals surface area contributed by atoms with Gasteiger partial charge in [-0.2, -0.15) is 0 Å². The number of amides is 1. The molecule has 26 heavy (non-hydrogen) atoms. The number of benzene rings is 1. The molecule has 1 saturated heterocycles. The van der Waals surface area contributed by atoms with Gasteiger partial charge in [0.1, 0.15) is 0 Å². The number of carbonyl (C=O) groups excluding carboxylic acids is 1. The molecule has 0 atom stereocenters. The second-order valence-electron chi connectivity index (χ2n) is 6.82. The molecule has 8 heteroatoms. The molecule has 1 amide bonds. The number of pyridine rings is 1. The number of fused-ring (bicyclic) bond motifs is 1. The lowest BCUT2D eigenvalue weighted by Crippen LogP contribution is -2.50. The number of hydrogen-bond donors (Lipinski definition) is 0. The summed E-state index contributed by atoms with van der Waals surface area (Å²) in [5.41, 5.74) is 2.12. The Morgan fingerprint density at radius 2 is 1.96 bits per heavy atom. The topological polar surface area (TPSA) is 82.8 Å². The minimum atomic E-state index is -0.392. The molecule has 0 spiro atoms. The van der Waals surface area contributed by atoms with E-state index in [1.807, 2.05) is 43.0 Å². The number of piperazine rings is 1. The van der Waals surface area contributed by atoms with E-state index < -0.39 is 4.92 Å². The first-order chi connectivity index (χ1) is 12.4. The maximum absolute atomic E-state index is 12.2. The van der Waals surface area contributed by atoms with Crippen LogP contribution in [0.25, 0.3) is 10.9 Å². The molecule has 1 aliphatic heterocycles. The summed E-state index contributed by atoms with van der Waals surface area (Å²) < 4.78 is 0.